The van der Waals surface area contributed by atoms with Gasteiger partial charge in [-0.1, -0.05) is 12.1 Å². The summed E-state index contributed by atoms with van der Waals surface area (Å²) in [6.07, 6.45) is 0. The molecular formula is C13H13FOS. The van der Waals surface area contributed by atoms with Gasteiger partial charge in [-0.15, -0.1) is 11.3 Å². The number of halogens is 1. The first-order valence-corrected chi connectivity index (χ1v) is 5.93. The first kappa shape index (κ1) is 11.3. The van der Waals surface area contributed by atoms with Gasteiger partial charge in [0.15, 0.2) is 0 Å². The molecule has 0 fully saturated rings. The third kappa shape index (κ3) is 1.88. The van der Waals surface area contributed by atoms with Crippen LogP contribution < -0.4 is 0 Å². The first-order valence-electron chi connectivity index (χ1n) is 5.05. The standard InChI is InChI=1S/C13H13FOS/c1-9-5-6-10(14)8-11(9)13(2,15)12-4-3-7-16-12/h3-8,15H,1-2H3. The van der Waals surface area contributed by atoms with E-state index in [0.717, 1.165) is 10.4 Å². The summed E-state index contributed by atoms with van der Waals surface area (Å²) in [5, 5.41) is 12.4. The van der Waals surface area contributed by atoms with E-state index in [9.17, 15) is 9.50 Å². The van der Waals surface area contributed by atoms with E-state index in [0.29, 0.717) is 5.56 Å². The fourth-order valence-electron chi connectivity index (χ4n) is 1.81. The number of thiophene rings is 1. The van der Waals surface area contributed by atoms with Crippen molar-refractivity contribution in [1.82, 2.24) is 0 Å². The van der Waals surface area contributed by atoms with Crippen molar-refractivity contribution >= 4 is 11.3 Å². The number of rotatable bonds is 2. The summed E-state index contributed by atoms with van der Waals surface area (Å²) in [5.74, 6) is -0.322. The summed E-state index contributed by atoms with van der Waals surface area (Å²) in [6.45, 7) is 3.57. The summed E-state index contributed by atoms with van der Waals surface area (Å²) >= 11 is 1.47. The van der Waals surface area contributed by atoms with Gasteiger partial charge < -0.3 is 5.11 Å². The number of benzene rings is 1. The molecule has 0 amide bonds. The second-order valence-electron chi connectivity index (χ2n) is 4.01. The van der Waals surface area contributed by atoms with Gasteiger partial charge in [0, 0.05) is 4.88 Å². The Morgan fingerprint density at radius 3 is 2.69 bits per heavy atom. The Labute approximate surface area is 98.2 Å². The highest BCUT2D eigenvalue weighted by Gasteiger charge is 2.28. The van der Waals surface area contributed by atoms with Crippen molar-refractivity contribution in [3.8, 4) is 0 Å². The lowest BCUT2D eigenvalue weighted by Crippen LogP contribution is -2.22. The molecule has 0 radical (unpaired) electrons. The van der Waals surface area contributed by atoms with Crippen molar-refractivity contribution in [2.45, 2.75) is 19.4 Å². The lowest BCUT2D eigenvalue weighted by atomic mass is 9.90. The second kappa shape index (κ2) is 4.00. The van der Waals surface area contributed by atoms with Crippen molar-refractivity contribution in [2.75, 3.05) is 0 Å². The topological polar surface area (TPSA) is 20.2 Å². The fourth-order valence-corrected chi connectivity index (χ4v) is 2.61. The maximum absolute atomic E-state index is 13.2. The lowest BCUT2D eigenvalue weighted by molar-refractivity contribution is 0.105. The molecule has 0 aliphatic heterocycles. The molecule has 1 nitrogen and oxygen atoms in total. The Bertz CT molecular complexity index is 489. The minimum Gasteiger partial charge on any atom is -0.380 e. The molecule has 1 aromatic carbocycles. The van der Waals surface area contributed by atoms with Crippen LogP contribution in [-0.2, 0) is 5.60 Å². The summed E-state index contributed by atoms with van der Waals surface area (Å²) in [4.78, 5) is 0.821. The van der Waals surface area contributed by atoms with Crippen LogP contribution in [0.5, 0.6) is 0 Å². The van der Waals surface area contributed by atoms with E-state index in [1.165, 1.54) is 23.5 Å². The molecule has 0 bridgehead atoms. The number of aryl methyl sites for hydroxylation is 1. The monoisotopic (exact) mass is 236 g/mol. The molecular weight excluding hydrogens is 223 g/mol. The number of aliphatic hydroxyl groups is 1. The molecule has 1 unspecified atom stereocenters. The van der Waals surface area contributed by atoms with E-state index in [1.807, 2.05) is 24.4 Å². The Kier molecular flexibility index (Phi) is 2.82. The highest BCUT2D eigenvalue weighted by Crippen LogP contribution is 2.34. The van der Waals surface area contributed by atoms with E-state index in [1.54, 1.807) is 13.0 Å². The third-order valence-corrected chi connectivity index (χ3v) is 3.81. The van der Waals surface area contributed by atoms with Crippen LogP contribution in [0, 0.1) is 12.7 Å². The third-order valence-electron chi connectivity index (χ3n) is 2.73. The van der Waals surface area contributed by atoms with Gasteiger partial charge in [0.05, 0.1) is 0 Å². The molecule has 84 valence electrons. The maximum atomic E-state index is 13.2. The second-order valence-corrected chi connectivity index (χ2v) is 4.96. The average molecular weight is 236 g/mol. The molecule has 0 aliphatic rings. The van der Waals surface area contributed by atoms with E-state index in [2.05, 4.69) is 0 Å². The van der Waals surface area contributed by atoms with Crippen LogP contribution >= 0.6 is 11.3 Å². The molecule has 1 heterocycles. The van der Waals surface area contributed by atoms with E-state index >= 15 is 0 Å². The molecule has 1 N–H and O–H groups in total. The quantitative estimate of drug-likeness (QED) is 0.846. The predicted octanol–water partition coefficient (Wildman–Crippen LogP) is 3.45. The molecule has 2 rings (SSSR count). The van der Waals surface area contributed by atoms with Crippen LogP contribution in [0.15, 0.2) is 35.7 Å². The molecule has 0 saturated heterocycles. The largest absolute Gasteiger partial charge is 0.380 e. The highest BCUT2D eigenvalue weighted by atomic mass is 32.1. The zero-order valence-corrected chi connectivity index (χ0v) is 10.0. The average Bonchev–Trinajstić information content (AvgIpc) is 2.75. The lowest BCUT2D eigenvalue weighted by Gasteiger charge is -2.24. The Morgan fingerprint density at radius 2 is 2.06 bits per heavy atom. The van der Waals surface area contributed by atoms with Crippen LogP contribution in [0.2, 0.25) is 0 Å². The van der Waals surface area contributed by atoms with Gasteiger partial charge in [-0.05, 0) is 48.6 Å². The SMILES string of the molecule is Cc1ccc(F)cc1C(C)(O)c1cccs1. The molecule has 0 aliphatic carbocycles. The van der Waals surface area contributed by atoms with Crippen molar-refractivity contribution in [3.05, 3.63) is 57.5 Å². The zero-order chi connectivity index (χ0) is 11.8. The van der Waals surface area contributed by atoms with Crippen molar-refractivity contribution < 1.29 is 9.50 Å². The van der Waals surface area contributed by atoms with Crippen LogP contribution in [0.3, 0.4) is 0 Å². The van der Waals surface area contributed by atoms with Crippen molar-refractivity contribution in [3.63, 3.8) is 0 Å². The maximum Gasteiger partial charge on any atom is 0.123 e. The van der Waals surface area contributed by atoms with E-state index in [4.69, 9.17) is 0 Å². The van der Waals surface area contributed by atoms with Gasteiger partial charge in [-0.2, -0.15) is 0 Å². The number of hydrogen-bond acceptors (Lipinski definition) is 2. The minimum atomic E-state index is -1.12. The normalized spacial score (nSPS) is 14.8. The Balaban J connectivity index is 2.55. The molecule has 1 aromatic heterocycles. The Morgan fingerprint density at radius 1 is 1.31 bits per heavy atom. The van der Waals surface area contributed by atoms with Gasteiger partial charge in [0.25, 0.3) is 0 Å². The zero-order valence-electron chi connectivity index (χ0n) is 9.20. The molecule has 0 spiro atoms. The summed E-state index contributed by atoms with van der Waals surface area (Å²) in [6, 6.07) is 8.23. The smallest absolute Gasteiger partial charge is 0.123 e. The summed E-state index contributed by atoms with van der Waals surface area (Å²) in [5.41, 5.74) is 0.384. The van der Waals surface area contributed by atoms with Crippen LogP contribution in [0.25, 0.3) is 0 Å². The molecule has 0 saturated carbocycles. The molecule has 2 aromatic rings. The van der Waals surface area contributed by atoms with E-state index in [-0.39, 0.29) is 5.82 Å². The summed E-state index contributed by atoms with van der Waals surface area (Å²) in [7, 11) is 0. The van der Waals surface area contributed by atoms with Crippen LogP contribution in [0.1, 0.15) is 22.9 Å². The highest BCUT2D eigenvalue weighted by molar-refractivity contribution is 7.10. The first-order chi connectivity index (χ1) is 7.51. The molecule has 16 heavy (non-hydrogen) atoms. The van der Waals surface area contributed by atoms with Gasteiger partial charge in [-0.25, -0.2) is 4.39 Å². The Hall–Kier alpha value is -1.19. The fraction of sp³-hybridized carbons (Fsp3) is 0.231. The van der Waals surface area contributed by atoms with Gasteiger partial charge >= 0.3 is 0 Å². The molecule has 1 atom stereocenters. The van der Waals surface area contributed by atoms with Gasteiger partial charge in [0.2, 0.25) is 0 Å². The van der Waals surface area contributed by atoms with Gasteiger partial charge in [-0.3, -0.25) is 0 Å². The van der Waals surface area contributed by atoms with Crippen LogP contribution in [-0.4, -0.2) is 5.11 Å². The summed E-state index contributed by atoms with van der Waals surface area (Å²) < 4.78 is 13.2. The van der Waals surface area contributed by atoms with Gasteiger partial charge in [0.1, 0.15) is 11.4 Å². The molecule has 3 heteroatoms. The number of hydrogen-bond donors (Lipinski definition) is 1. The van der Waals surface area contributed by atoms with Crippen molar-refractivity contribution in [1.29, 1.82) is 0 Å². The van der Waals surface area contributed by atoms with E-state index < -0.39 is 5.60 Å². The minimum absolute atomic E-state index is 0.322. The predicted molar refractivity (Wildman–Crippen MR) is 64.1 cm³/mol. The van der Waals surface area contributed by atoms with Crippen LogP contribution in [0.4, 0.5) is 4.39 Å². The van der Waals surface area contributed by atoms with Crippen molar-refractivity contribution in [2.24, 2.45) is 0 Å².